The fourth-order valence-electron chi connectivity index (χ4n) is 2.44. The van der Waals surface area contributed by atoms with E-state index in [0.717, 1.165) is 46.2 Å². The van der Waals surface area contributed by atoms with E-state index in [1.807, 2.05) is 0 Å². The SMILES string of the molecule is O=C1C=CCN1c1cc(N2C(=O)C=CC2=O)ccc1OC(F)(F)C(F)F. The number of alkyl halides is 4. The smallest absolute Gasteiger partial charge is 0.426 e. The third kappa shape index (κ3) is 3.05. The topological polar surface area (TPSA) is 66.9 Å². The highest BCUT2D eigenvalue weighted by Gasteiger charge is 2.45. The Morgan fingerprint density at radius 1 is 1.00 bits per heavy atom. The average Bonchev–Trinajstić information content (AvgIpc) is 3.13. The van der Waals surface area contributed by atoms with Crippen LogP contribution in [0.4, 0.5) is 28.9 Å². The third-order valence-electron chi connectivity index (χ3n) is 3.62. The van der Waals surface area contributed by atoms with Gasteiger partial charge in [-0.2, -0.15) is 17.6 Å². The molecule has 0 unspecified atom stereocenters. The number of amides is 3. The maximum absolute atomic E-state index is 13.3. The lowest BCUT2D eigenvalue weighted by molar-refractivity contribution is -0.253. The van der Waals surface area contributed by atoms with Crippen molar-refractivity contribution in [1.29, 1.82) is 0 Å². The van der Waals surface area contributed by atoms with Gasteiger partial charge in [0.1, 0.15) is 0 Å². The molecule has 136 valence electrons. The number of carbonyl (C=O) groups excluding carboxylic acids is 3. The first-order valence-corrected chi connectivity index (χ1v) is 7.24. The number of benzene rings is 1. The molecule has 2 aliphatic rings. The zero-order valence-corrected chi connectivity index (χ0v) is 12.9. The summed E-state index contributed by atoms with van der Waals surface area (Å²) in [4.78, 5) is 37.1. The van der Waals surface area contributed by atoms with Crippen molar-refractivity contribution in [3.8, 4) is 5.75 Å². The second-order valence-electron chi connectivity index (χ2n) is 5.31. The summed E-state index contributed by atoms with van der Waals surface area (Å²) < 4.78 is 55.6. The van der Waals surface area contributed by atoms with E-state index in [9.17, 15) is 31.9 Å². The molecule has 0 aromatic heterocycles. The van der Waals surface area contributed by atoms with Gasteiger partial charge in [0.15, 0.2) is 5.75 Å². The fraction of sp³-hybridized carbons (Fsp3) is 0.188. The summed E-state index contributed by atoms with van der Waals surface area (Å²) >= 11 is 0. The Bertz CT molecular complexity index is 833. The van der Waals surface area contributed by atoms with Crippen LogP contribution >= 0.6 is 0 Å². The minimum atomic E-state index is -4.78. The van der Waals surface area contributed by atoms with Crippen LogP contribution in [-0.4, -0.2) is 36.8 Å². The molecule has 2 aliphatic heterocycles. The van der Waals surface area contributed by atoms with E-state index in [-0.39, 0.29) is 17.9 Å². The fourth-order valence-corrected chi connectivity index (χ4v) is 2.44. The van der Waals surface area contributed by atoms with Crippen molar-refractivity contribution in [2.45, 2.75) is 12.5 Å². The number of nitrogens with zero attached hydrogens (tertiary/aromatic N) is 2. The lowest BCUT2D eigenvalue weighted by Gasteiger charge is -2.25. The van der Waals surface area contributed by atoms with Crippen molar-refractivity contribution in [3.63, 3.8) is 0 Å². The summed E-state index contributed by atoms with van der Waals surface area (Å²) in [5.41, 5.74) is -0.294. The quantitative estimate of drug-likeness (QED) is 0.589. The van der Waals surface area contributed by atoms with Crippen LogP contribution in [-0.2, 0) is 14.4 Å². The Morgan fingerprint density at radius 3 is 2.19 bits per heavy atom. The lowest BCUT2D eigenvalue weighted by atomic mass is 10.2. The molecule has 0 saturated heterocycles. The van der Waals surface area contributed by atoms with E-state index in [2.05, 4.69) is 4.74 Å². The Kier molecular flexibility index (Phi) is 4.26. The number of imide groups is 1. The first-order valence-electron chi connectivity index (χ1n) is 7.24. The van der Waals surface area contributed by atoms with Gasteiger partial charge in [-0.1, -0.05) is 6.08 Å². The minimum Gasteiger partial charge on any atom is -0.426 e. The Balaban J connectivity index is 2.03. The molecule has 0 bridgehead atoms. The monoisotopic (exact) mass is 370 g/mol. The molecule has 3 amide bonds. The Hall–Kier alpha value is -3.17. The molecule has 26 heavy (non-hydrogen) atoms. The lowest BCUT2D eigenvalue weighted by Crippen LogP contribution is -2.35. The zero-order chi connectivity index (χ0) is 19.1. The summed E-state index contributed by atoms with van der Waals surface area (Å²) in [7, 11) is 0. The molecule has 10 heteroatoms. The molecule has 2 heterocycles. The molecule has 0 atom stereocenters. The van der Waals surface area contributed by atoms with Crippen molar-refractivity contribution in [2.75, 3.05) is 16.3 Å². The van der Waals surface area contributed by atoms with E-state index in [4.69, 9.17) is 0 Å². The largest absolute Gasteiger partial charge is 0.461 e. The van der Waals surface area contributed by atoms with Crippen molar-refractivity contribution < 1.29 is 36.7 Å². The van der Waals surface area contributed by atoms with Crippen LogP contribution in [0.15, 0.2) is 42.5 Å². The van der Waals surface area contributed by atoms with Crippen LogP contribution in [0.3, 0.4) is 0 Å². The second kappa shape index (κ2) is 6.28. The molecule has 0 aliphatic carbocycles. The van der Waals surface area contributed by atoms with Crippen molar-refractivity contribution >= 4 is 29.1 Å². The Morgan fingerprint density at radius 2 is 1.65 bits per heavy atom. The van der Waals surface area contributed by atoms with Crippen LogP contribution in [0.1, 0.15) is 0 Å². The summed E-state index contributed by atoms with van der Waals surface area (Å²) in [5, 5.41) is 0. The number of rotatable bonds is 5. The Labute approximate surface area is 143 Å². The standard InChI is InChI=1S/C16H10F4N2O4/c17-15(18)16(19,20)26-11-4-3-9(22-13(24)5-6-14(22)25)8-10(11)21-7-1-2-12(21)23/h1-6,8,15H,7H2. The van der Waals surface area contributed by atoms with Crippen molar-refractivity contribution in [2.24, 2.45) is 0 Å². The van der Waals surface area contributed by atoms with Gasteiger partial charge in [0.25, 0.3) is 17.7 Å². The number of ether oxygens (including phenoxy) is 1. The van der Waals surface area contributed by atoms with Crippen LogP contribution in [0, 0.1) is 0 Å². The van der Waals surface area contributed by atoms with Crippen LogP contribution < -0.4 is 14.5 Å². The van der Waals surface area contributed by atoms with Gasteiger partial charge in [-0.15, -0.1) is 0 Å². The highest BCUT2D eigenvalue weighted by molar-refractivity contribution is 6.28. The predicted octanol–water partition coefficient (Wildman–Crippen LogP) is 2.26. The van der Waals surface area contributed by atoms with Gasteiger partial charge < -0.3 is 9.64 Å². The van der Waals surface area contributed by atoms with E-state index in [1.165, 1.54) is 6.08 Å². The summed E-state index contributed by atoms with van der Waals surface area (Å²) in [6, 6.07) is 3.05. The van der Waals surface area contributed by atoms with Crippen molar-refractivity contribution in [1.82, 2.24) is 0 Å². The van der Waals surface area contributed by atoms with Crippen LogP contribution in [0.25, 0.3) is 0 Å². The van der Waals surface area contributed by atoms with E-state index in [0.29, 0.717) is 0 Å². The molecule has 0 radical (unpaired) electrons. The normalized spacial score (nSPS) is 17.2. The van der Waals surface area contributed by atoms with E-state index < -0.39 is 36.0 Å². The van der Waals surface area contributed by atoms with Gasteiger partial charge in [-0.05, 0) is 18.2 Å². The van der Waals surface area contributed by atoms with Gasteiger partial charge in [0.05, 0.1) is 11.4 Å². The third-order valence-corrected chi connectivity index (χ3v) is 3.62. The highest BCUT2D eigenvalue weighted by atomic mass is 19.3. The molecular formula is C16H10F4N2O4. The summed E-state index contributed by atoms with van der Waals surface area (Å²) in [6.07, 6.45) is -4.26. The zero-order valence-electron chi connectivity index (χ0n) is 12.9. The summed E-state index contributed by atoms with van der Waals surface area (Å²) in [6.45, 7) is -0.0148. The maximum atomic E-state index is 13.3. The molecule has 0 fully saturated rings. The molecular weight excluding hydrogens is 360 g/mol. The molecule has 6 nitrogen and oxygen atoms in total. The van der Waals surface area contributed by atoms with Crippen LogP contribution in [0.5, 0.6) is 5.75 Å². The molecule has 3 rings (SSSR count). The van der Waals surface area contributed by atoms with Gasteiger partial charge in [0.2, 0.25) is 0 Å². The van der Waals surface area contributed by atoms with Gasteiger partial charge in [0, 0.05) is 24.8 Å². The van der Waals surface area contributed by atoms with Gasteiger partial charge >= 0.3 is 12.5 Å². The molecule has 0 saturated carbocycles. The predicted molar refractivity (Wildman–Crippen MR) is 81.1 cm³/mol. The van der Waals surface area contributed by atoms with E-state index in [1.54, 1.807) is 0 Å². The van der Waals surface area contributed by atoms with Gasteiger partial charge in [-0.3, -0.25) is 14.4 Å². The van der Waals surface area contributed by atoms with Crippen LogP contribution in [0.2, 0.25) is 0 Å². The maximum Gasteiger partial charge on any atom is 0.461 e. The first kappa shape index (κ1) is 17.6. The number of hydrogen-bond acceptors (Lipinski definition) is 4. The first-order chi connectivity index (χ1) is 12.2. The number of hydrogen-bond donors (Lipinski definition) is 0. The van der Waals surface area contributed by atoms with E-state index >= 15 is 0 Å². The number of carbonyl (C=O) groups is 3. The number of anilines is 2. The minimum absolute atomic E-state index is 0.0148. The molecule has 1 aromatic carbocycles. The second-order valence-corrected chi connectivity index (χ2v) is 5.31. The molecule has 0 N–H and O–H groups in total. The number of halogens is 4. The van der Waals surface area contributed by atoms with Crippen molar-refractivity contribution in [3.05, 3.63) is 42.5 Å². The van der Waals surface area contributed by atoms with Gasteiger partial charge in [-0.25, -0.2) is 4.90 Å². The highest BCUT2D eigenvalue weighted by Crippen LogP contribution is 2.38. The molecule has 0 spiro atoms. The summed E-state index contributed by atoms with van der Waals surface area (Å²) in [5.74, 6) is -2.62. The average molecular weight is 370 g/mol. The molecule has 1 aromatic rings.